The number of benzene rings is 3. The minimum atomic E-state index is -0.287. The monoisotopic (exact) mass is 452 g/mol. The van der Waals surface area contributed by atoms with E-state index >= 15 is 4.39 Å². The van der Waals surface area contributed by atoms with E-state index in [2.05, 4.69) is 49.6 Å². The van der Waals surface area contributed by atoms with Crippen LogP contribution < -0.4 is 9.30 Å². The first kappa shape index (κ1) is 20.9. The molecule has 0 radical (unpaired) electrons. The molecule has 2 aromatic heterocycles. The quantitative estimate of drug-likeness (QED) is 0.264. The molecule has 34 heavy (non-hydrogen) atoms. The molecular formula is C30H27FNO2+. The van der Waals surface area contributed by atoms with Gasteiger partial charge in [-0.25, -0.2) is 8.96 Å². The van der Waals surface area contributed by atoms with E-state index < -0.39 is 0 Å². The van der Waals surface area contributed by atoms with Crippen LogP contribution in [0.15, 0.2) is 71.3 Å². The topological polar surface area (TPSA) is 26.2 Å². The maximum absolute atomic E-state index is 15.4. The summed E-state index contributed by atoms with van der Waals surface area (Å²) in [5, 5.41) is 1.90. The summed E-state index contributed by atoms with van der Waals surface area (Å²) >= 11 is 0. The second-order valence-corrected chi connectivity index (χ2v) is 9.93. The van der Waals surface area contributed by atoms with Gasteiger partial charge in [0, 0.05) is 28.5 Å². The summed E-state index contributed by atoms with van der Waals surface area (Å²) in [6.07, 6.45) is 2.95. The van der Waals surface area contributed by atoms with Gasteiger partial charge in [0.05, 0.1) is 17.7 Å². The van der Waals surface area contributed by atoms with E-state index in [4.69, 9.17) is 9.15 Å². The Labute approximate surface area is 198 Å². The van der Waals surface area contributed by atoms with Gasteiger partial charge in [0.15, 0.2) is 6.20 Å². The van der Waals surface area contributed by atoms with Crippen LogP contribution in [0, 0.1) is 12.7 Å². The minimum absolute atomic E-state index is 0.0335. The zero-order chi connectivity index (χ0) is 23.6. The van der Waals surface area contributed by atoms with Crippen molar-refractivity contribution in [3.05, 3.63) is 83.8 Å². The van der Waals surface area contributed by atoms with Gasteiger partial charge >= 0.3 is 0 Å². The number of nitrogens with zero attached hydrogens (tertiary/aromatic N) is 1. The Hall–Kier alpha value is -3.66. The van der Waals surface area contributed by atoms with E-state index in [9.17, 15) is 0 Å². The third-order valence-electron chi connectivity index (χ3n) is 7.26. The lowest BCUT2D eigenvalue weighted by Gasteiger charge is -2.32. The number of ether oxygens (including phenoxy) is 1. The molecule has 0 aliphatic carbocycles. The molecule has 3 nitrogen and oxygen atoms in total. The highest BCUT2D eigenvalue weighted by Gasteiger charge is 2.30. The van der Waals surface area contributed by atoms with Gasteiger partial charge < -0.3 is 9.15 Å². The number of aromatic nitrogens is 1. The van der Waals surface area contributed by atoms with E-state index in [0.717, 1.165) is 56.5 Å². The molecule has 1 aliphatic rings. The molecule has 0 N–H and O–H groups in total. The van der Waals surface area contributed by atoms with Gasteiger partial charge in [-0.1, -0.05) is 32.0 Å². The number of hydrogen-bond donors (Lipinski definition) is 0. The molecule has 1 aliphatic heterocycles. The lowest BCUT2D eigenvalue weighted by atomic mass is 9.79. The fourth-order valence-electron chi connectivity index (χ4n) is 5.24. The minimum Gasteiger partial charge on any atom is -0.493 e. The Morgan fingerprint density at radius 2 is 1.68 bits per heavy atom. The van der Waals surface area contributed by atoms with Crippen molar-refractivity contribution in [1.82, 2.24) is 0 Å². The summed E-state index contributed by atoms with van der Waals surface area (Å²) in [4.78, 5) is 0. The highest BCUT2D eigenvalue weighted by molar-refractivity contribution is 6.13. The third kappa shape index (κ3) is 3.05. The largest absolute Gasteiger partial charge is 0.493 e. The van der Waals surface area contributed by atoms with Crippen molar-refractivity contribution in [3.8, 4) is 28.1 Å². The normalized spacial score (nSPS) is 14.9. The summed E-state index contributed by atoms with van der Waals surface area (Å²) < 4.78 is 30.0. The van der Waals surface area contributed by atoms with Crippen molar-refractivity contribution >= 4 is 21.9 Å². The van der Waals surface area contributed by atoms with Gasteiger partial charge in [-0.05, 0) is 60.2 Å². The summed E-state index contributed by atoms with van der Waals surface area (Å²) in [7, 11) is 2.03. The molecule has 0 fully saturated rings. The smallest absolute Gasteiger partial charge is 0.216 e. The second kappa shape index (κ2) is 7.42. The predicted molar refractivity (Wildman–Crippen MR) is 134 cm³/mol. The van der Waals surface area contributed by atoms with Gasteiger partial charge in [-0.2, -0.15) is 0 Å². The number of aryl methyl sites for hydroxylation is 2. The lowest BCUT2D eigenvalue weighted by molar-refractivity contribution is -0.660. The Morgan fingerprint density at radius 3 is 2.47 bits per heavy atom. The van der Waals surface area contributed by atoms with Crippen molar-refractivity contribution < 1.29 is 18.1 Å². The maximum Gasteiger partial charge on any atom is 0.216 e. The molecule has 0 saturated carbocycles. The fraction of sp³-hybridized carbons (Fsp3) is 0.233. The van der Waals surface area contributed by atoms with Crippen molar-refractivity contribution in [2.45, 2.75) is 32.6 Å². The number of hydrogen-bond acceptors (Lipinski definition) is 2. The third-order valence-corrected chi connectivity index (χ3v) is 7.26. The Balaban J connectivity index is 1.66. The molecule has 170 valence electrons. The van der Waals surface area contributed by atoms with Crippen molar-refractivity contribution in [1.29, 1.82) is 0 Å². The molecule has 5 aromatic rings. The summed E-state index contributed by atoms with van der Waals surface area (Å²) in [5.74, 6) is 0.594. The Bertz CT molecular complexity index is 1600. The second-order valence-electron chi connectivity index (χ2n) is 9.93. The van der Waals surface area contributed by atoms with Gasteiger partial charge in [-0.3, -0.25) is 0 Å². The van der Waals surface area contributed by atoms with Crippen LogP contribution in [0.4, 0.5) is 4.39 Å². The first-order valence-corrected chi connectivity index (χ1v) is 11.7. The SMILES string of the molecule is Cc1ccc2c(oc3c(-c4ccc5c(c4)C(C)(C)CCO5)c(F)ccc32)c1-c1cccc[n+]1C. The van der Waals surface area contributed by atoms with Crippen LogP contribution in [-0.4, -0.2) is 6.61 Å². The number of fused-ring (bicyclic) bond motifs is 4. The highest BCUT2D eigenvalue weighted by Crippen LogP contribution is 2.44. The molecular weight excluding hydrogens is 425 g/mol. The molecule has 6 rings (SSSR count). The highest BCUT2D eigenvalue weighted by atomic mass is 19.1. The molecule has 4 heteroatoms. The fourth-order valence-corrected chi connectivity index (χ4v) is 5.24. The Morgan fingerprint density at radius 1 is 0.912 bits per heavy atom. The van der Waals surface area contributed by atoms with E-state index in [1.54, 1.807) is 6.07 Å². The van der Waals surface area contributed by atoms with Crippen molar-refractivity contribution in [2.75, 3.05) is 6.61 Å². The van der Waals surface area contributed by atoms with Gasteiger partial charge in [0.1, 0.15) is 29.8 Å². The first-order chi connectivity index (χ1) is 16.3. The summed E-state index contributed by atoms with van der Waals surface area (Å²) in [6, 6.07) is 19.7. The molecule has 0 bridgehead atoms. The summed E-state index contributed by atoms with van der Waals surface area (Å²) in [5.41, 5.74) is 6.94. The van der Waals surface area contributed by atoms with E-state index in [1.807, 2.05) is 43.6 Å². The molecule has 0 saturated heterocycles. The van der Waals surface area contributed by atoms with Crippen LogP contribution in [0.25, 0.3) is 44.3 Å². The van der Waals surface area contributed by atoms with Crippen molar-refractivity contribution in [2.24, 2.45) is 7.05 Å². The number of rotatable bonds is 2. The van der Waals surface area contributed by atoms with Gasteiger partial charge in [-0.15, -0.1) is 0 Å². The molecule has 0 spiro atoms. The van der Waals surface area contributed by atoms with Crippen LogP contribution >= 0.6 is 0 Å². The van der Waals surface area contributed by atoms with Crippen LogP contribution in [0.1, 0.15) is 31.4 Å². The lowest BCUT2D eigenvalue weighted by Crippen LogP contribution is -2.30. The predicted octanol–water partition coefficient (Wildman–Crippen LogP) is 7.25. The van der Waals surface area contributed by atoms with Gasteiger partial charge in [0.2, 0.25) is 5.69 Å². The average Bonchev–Trinajstić information content (AvgIpc) is 3.18. The number of furan rings is 1. The van der Waals surface area contributed by atoms with E-state index in [0.29, 0.717) is 17.8 Å². The summed E-state index contributed by atoms with van der Waals surface area (Å²) in [6.45, 7) is 7.21. The van der Waals surface area contributed by atoms with E-state index in [1.165, 1.54) is 0 Å². The number of pyridine rings is 1. The van der Waals surface area contributed by atoms with Gasteiger partial charge in [0.25, 0.3) is 0 Å². The standard InChI is InChI=1S/C30H27FNO2/c1-18-8-10-20-21-11-12-23(31)27(19-9-13-25-22(17-19)30(2,3)14-16-33-25)29(21)34-28(20)26(18)24-7-5-6-15-32(24)4/h5-13,15,17H,14,16H2,1-4H3/q+1. The number of halogens is 1. The average molecular weight is 453 g/mol. The van der Waals surface area contributed by atoms with Crippen molar-refractivity contribution in [3.63, 3.8) is 0 Å². The van der Waals surface area contributed by atoms with Crippen LogP contribution in [0.5, 0.6) is 5.75 Å². The first-order valence-electron chi connectivity index (χ1n) is 11.7. The molecule has 3 heterocycles. The molecule has 3 aromatic carbocycles. The van der Waals surface area contributed by atoms with Crippen LogP contribution in [0.3, 0.4) is 0 Å². The van der Waals surface area contributed by atoms with E-state index in [-0.39, 0.29) is 11.2 Å². The molecule has 0 atom stereocenters. The zero-order valence-electron chi connectivity index (χ0n) is 19.9. The van der Waals surface area contributed by atoms with Crippen LogP contribution in [0.2, 0.25) is 0 Å². The maximum atomic E-state index is 15.4. The van der Waals surface area contributed by atoms with Crippen LogP contribution in [-0.2, 0) is 12.5 Å². The zero-order valence-corrected chi connectivity index (χ0v) is 19.9. The Kier molecular flexibility index (Phi) is 4.57. The molecule has 0 unspecified atom stereocenters. The molecule has 0 amide bonds.